The molecule has 37 heavy (non-hydrogen) atoms. The third kappa shape index (κ3) is 4.24. The Balaban J connectivity index is 1.47. The Bertz CT molecular complexity index is 1360. The van der Waals surface area contributed by atoms with E-state index in [1.807, 2.05) is 29.2 Å². The molecule has 0 bridgehead atoms. The average molecular weight is 502 g/mol. The zero-order valence-corrected chi connectivity index (χ0v) is 21.4. The Kier molecular flexibility index (Phi) is 6.23. The molecule has 0 aliphatic carbocycles. The van der Waals surface area contributed by atoms with E-state index in [2.05, 4.69) is 18.9 Å². The zero-order chi connectivity index (χ0) is 26.3. The molecule has 3 aromatic rings. The summed E-state index contributed by atoms with van der Waals surface area (Å²) < 4.78 is 6.72. The first-order valence-electron chi connectivity index (χ1n) is 12.5. The minimum atomic E-state index is -0.663. The number of aromatic nitrogens is 2. The van der Waals surface area contributed by atoms with Gasteiger partial charge >= 0.3 is 0 Å². The van der Waals surface area contributed by atoms with Crippen molar-refractivity contribution in [3.8, 4) is 11.4 Å². The molecule has 2 aromatic carbocycles. The smallest absolute Gasteiger partial charge is 0.277 e. The first kappa shape index (κ1) is 24.5. The molecule has 9 nitrogen and oxygen atoms in total. The number of methoxy groups -OCH3 is 1. The molecular formula is C28H31N5O4. The molecule has 1 aromatic heterocycles. The highest BCUT2D eigenvalue weighted by atomic mass is 16.5. The van der Waals surface area contributed by atoms with Gasteiger partial charge in [-0.3, -0.25) is 14.4 Å². The standard InChI is InChI=1S/C28H31N5O4/c1-28(2,32-16-5-4-6-23(32)34)18-7-9-19(10-8-18)31-17-15-22-24(26(29)35)30-33(25(22)27(31)36)20-11-13-21(37-3)14-12-20/h7-14H,4-6,15-17H2,1-3H3,(H2,29,35). The number of benzene rings is 2. The zero-order valence-electron chi connectivity index (χ0n) is 21.4. The number of anilines is 1. The van der Waals surface area contributed by atoms with E-state index in [9.17, 15) is 14.4 Å². The van der Waals surface area contributed by atoms with Crippen molar-refractivity contribution in [1.29, 1.82) is 0 Å². The fourth-order valence-electron chi connectivity index (χ4n) is 5.32. The summed E-state index contributed by atoms with van der Waals surface area (Å²) in [7, 11) is 1.58. The predicted octanol–water partition coefficient (Wildman–Crippen LogP) is 3.43. The van der Waals surface area contributed by atoms with Crippen LogP contribution >= 0.6 is 0 Å². The van der Waals surface area contributed by atoms with Gasteiger partial charge in [-0.1, -0.05) is 12.1 Å². The second kappa shape index (κ2) is 9.38. The molecule has 1 fully saturated rings. The van der Waals surface area contributed by atoms with Crippen LogP contribution in [0.2, 0.25) is 0 Å². The second-order valence-electron chi connectivity index (χ2n) is 9.97. The molecule has 1 saturated heterocycles. The van der Waals surface area contributed by atoms with Crippen molar-refractivity contribution in [3.05, 3.63) is 71.0 Å². The Labute approximate surface area is 215 Å². The van der Waals surface area contributed by atoms with E-state index in [1.165, 1.54) is 4.68 Å². The molecular weight excluding hydrogens is 470 g/mol. The van der Waals surface area contributed by atoms with Crippen LogP contribution in [0.3, 0.4) is 0 Å². The Hall–Kier alpha value is -4.14. The summed E-state index contributed by atoms with van der Waals surface area (Å²) in [6, 6.07) is 14.9. The van der Waals surface area contributed by atoms with E-state index in [-0.39, 0.29) is 17.5 Å². The van der Waals surface area contributed by atoms with Gasteiger partial charge in [-0.15, -0.1) is 0 Å². The third-order valence-corrected chi connectivity index (χ3v) is 7.45. The molecule has 0 radical (unpaired) electrons. The lowest BCUT2D eigenvalue weighted by Gasteiger charge is -2.41. The summed E-state index contributed by atoms with van der Waals surface area (Å²) in [6.45, 7) is 5.26. The number of hydrogen-bond donors (Lipinski definition) is 1. The molecule has 3 amide bonds. The van der Waals surface area contributed by atoms with Crippen LogP contribution < -0.4 is 15.4 Å². The number of carbonyl (C=O) groups is 3. The monoisotopic (exact) mass is 501 g/mol. The number of rotatable bonds is 6. The summed E-state index contributed by atoms with van der Waals surface area (Å²) in [5.41, 5.74) is 8.54. The van der Waals surface area contributed by atoms with Gasteiger partial charge in [0, 0.05) is 30.8 Å². The van der Waals surface area contributed by atoms with Crippen LogP contribution in [0.25, 0.3) is 5.69 Å². The van der Waals surface area contributed by atoms with Gasteiger partial charge in [-0.05, 0) is 75.1 Å². The number of hydrogen-bond acceptors (Lipinski definition) is 5. The van der Waals surface area contributed by atoms with E-state index in [1.54, 1.807) is 36.3 Å². The summed E-state index contributed by atoms with van der Waals surface area (Å²) >= 11 is 0. The van der Waals surface area contributed by atoms with Crippen LogP contribution in [0.5, 0.6) is 5.75 Å². The lowest BCUT2D eigenvalue weighted by Crippen LogP contribution is -2.48. The normalized spacial score (nSPS) is 16.1. The minimum Gasteiger partial charge on any atom is -0.497 e. The molecule has 2 aliphatic heterocycles. The van der Waals surface area contributed by atoms with Crippen molar-refractivity contribution in [2.75, 3.05) is 25.1 Å². The van der Waals surface area contributed by atoms with Gasteiger partial charge in [0.2, 0.25) is 5.91 Å². The summed E-state index contributed by atoms with van der Waals surface area (Å²) in [4.78, 5) is 42.1. The van der Waals surface area contributed by atoms with E-state index in [0.29, 0.717) is 42.1 Å². The van der Waals surface area contributed by atoms with E-state index in [0.717, 1.165) is 30.6 Å². The van der Waals surface area contributed by atoms with Crippen LogP contribution in [0.4, 0.5) is 5.69 Å². The van der Waals surface area contributed by atoms with Gasteiger partial charge in [0.05, 0.1) is 18.3 Å². The lowest BCUT2D eigenvalue weighted by atomic mass is 9.89. The maximum atomic E-state index is 13.8. The van der Waals surface area contributed by atoms with Crippen molar-refractivity contribution in [3.63, 3.8) is 0 Å². The fraction of sp³-hybridized carbons (Fsp3) is 0.357. The highest BCUT2D eigenvalue weighted by Crippen LogP contribution is 2.34. The summed E-state index contributed by atoms with van der Waals surface area (Å²) in [5, 5.41) is 4.42. The maximum Gasteiger partial charge on any atom is 0.277 e. The largest absolute Gasteiger partial charge is 0.497 e. The van der Waals surface area contributed by atoms with E-state index >= 15 is 0 Å². The Morgan fingerprint density at radius 1 is 0.946 bits per heavy atom. The van der Waals surface area contributed by atoms with Crippen LogP contribution in [-0.4, -0.2) is 52.6 Å². The van der Waals surface area contributed by atoms with Crippen molar-refractivity contribution in [2.45, 2.75) is 45.1 Å². The van der Waals surface area contributed by atoms with Crippen LogP contribution in [0.15, 0.2) is 48.5 Å². The summed E-state index contributed by atoms with van der Waals surface area (Å²) in [5.74, 6) is -0.0721. The molecule has 5 rings (SSSR count). The number of likely N-dealkylation sites (tertiary alicyclic amines) is 1. The summed E-state index contributed by atoms with van der Waals surface area (Å²) in [6.07, 6.45) is 2.98. The number of piperidine rings is 1. The number of nitrogens with zero attached hydrogens (tertiary/aromatic N) is 4. The number of carbonyl (C=O) groups excluding carboxylic acids is 3. The topological polar surface area (TPSA) is 111 Å². The molecule has 0 spiro atoms. The number of nitrogens with two attached hydrogens (primary N) is 1. The maximum absolute atomic E-state index is 13.8. The number of amides is 3. The fourth-order valence-corrected chi connectivity index (χ4v) is 5.32. The number of ether oxygens (including phenoxy) is 1. The van der Waals surface area contributed by atoms with Gasteiger partial charge in [0.15, 0.2) is 5.69 Å². The predicted molar refractivity (Wildman–Crippen MR) is 139 cm³/mol. The SMILES string of the molecule is COc1ccc(-n2nc(C(N)=O)c3c2C(=O)N(c2ccc(C(C)(C)N4CCCCC4=O)cc2)CC3)cc1. The molecule has 0 unspecified atom stereocenters. The molecule has 9 heteroatoms. The van der Waals surface area contributed by atoms with Crippen molar-refractivity contribution < 1.29 is 19.1 Å². The quantitative estimate of drug-likeness (QED) is 0.556. The first-order chi connectivity index (χ1) is 17.7. The van der Waals surface area contributed by atoms with Crippen molar-refractivity contribution in [2.24, 2.45) is 5.73 Å². The van der Waals surface area contributed by atoms with Gasteiger partial charge < -0.3 is 20.3 Å². The third-order valence-electron chi connectivity index (χ3n) is 7.45. The molecule has 0 saturated carbocycles. The van der Waals surface area contributed by atoms with Crippen molar-refractivity contribution >= 4 is 23.4 Å². The highest BCUT2D eigenvalue weighted by Gasteiger charge is 2.36. The van der Waals surface area contributed by atoms with Gasteiger partial charge in [-0.25, -0.2) is 4.68 Å². The van der Waals surface area contributed by atoms with Crippen LogP contribution in [0.1, 0.15) is 65.2 Å². The minimum absolute atomic E-state index is 0.113. The molecule has 2 N–H and O–H groups in total. The van der Waals surface area contributed by atoms with E-state index in [4.69, 9.17) is 10.5 Å². The van der Waals surface area contributed by atoms with Gasteiger partial charge in [-0.2, -0.15) is 5.10 Å². The number of primary amides is 1. The average Bonchev–Trinajstić information content (AvgIpc) is 3.30. The Morgan fingerprint density at radius 2 is 1.62 bits per heavy atom. The lowest BCUT2D eigenvalue weighted by molar-refractivity contribution is -0.139. The van der Waals surface area contributed by atoms with E-state index < -0.39 is 11.4 Å². The highest BCUT2D eigenvalue weighted by molar-refractivity contribution is 6.09. The first-order valence-corrected chi connectivity index (χ1v) is 12.5. The number of fused-ring (bicyclic) bond motifs is 1. The van der Waals surface area contributed by atoms with Gasteiger partial charge in [0.25, 0.3) is 11.8 Å². The molecule has 2 aliphatic rings. The second-order valence-corrected chi connectivity index (χ2v) is 9.97. The van der Waals surface area contributed by atoms with Gasteiger partial charge in [0.1, 0.15) is 11.4 Å². The van der Waals surface area contributed by atoms with Crippen molar-refractivity contribution in [1.82, 2.24) is 14.7 Å². The molecule has 0 atom stereocenters. The van der Waals surface area contributed by atoms with Crippen LogP contribution in [-0.2, 0) is 16.8 Å². The van der Waals surface area contributed by atoms with Crippen LogP contribution in [0, 0.1) is 0 Å². The molecule has 192 valence electrons. The molecule has 3 heterocycles. The Morgan fingerprint density at radius 3 is 2.24 bits per heavy atom.